The zero-order valence-electron chi connectivity index (χ0n) is 17.4. The van der Waals surface area contributed by atoms with Crippen LogP contribution in [0.15, 0.2) is 103 Å². The first-order chi connectivity index (χ1) is 13.8. The van der Waals surface area contributed by atoms with Crippen molar-refractivity contribution in [1.29, 1.82) is 0 Å². The number of aryl methyl sites for hydroxylation is 1. The molecule has 0 aliphatic carbocycles. The maximum absolute atomic E-state index is 3.33. The molecule has 4 aromatic rings. The van der Waals surface area contributed by atoms with Gasteiger partial charge in [0.2, 0.25) is 0 Å². The van der Waals surface area contributed by atoms with E-state index in [1.807, 2.05) is 33.0 Å². The van der Waals surface area contributed by atoms with Crippen LogP contribution >= 0.6 is 0 Å². The van der Waals surface area contributed by atoms with E-state index in [4.69, 9.17) is 0 Å². The van der Waals surface area contributed by atoms with Crippen LogP contribution in [0.25, 0.3) is 10.8 Å². The van der Waals surface area contributed by atoms with Crippen molar-refractivity contribution in [2.75, 3.05) is 7.05 Å². The Balaban J connectivity index is 0.000000191. The molecule has 0 saturated carbocycles. The van der Waals surface area contributed by atoms with Crippen LogP contribution in [0.1, 0.15) is 36.6 Å². The van der Waals surface area contributed by atoms with Crippen molar-refractivity contribution in [3.8, 4) is 0 Å². The van der Waals surface area contributed by atoms with E-state index in [1.165, 1.54) is 27.5 Å². The monoisotopic (exact) mass is 369 g/mol. The predicted molar refractivity (Wildman–Crippen MR) is 124 cm³/mol. The van der Waals surface area contributed by atoms with Gasteiger partial charge >= 0.3 is 0 Å². The SMILES string of the molecule is CC.CNC(c1ccccc1)c1ccccc1.Cc1cccc2ccccc12. The molecule has 0 aliphatic heterocycles. The lowest BCUT2D eigenvalue weighted by molar-refractivity contribution is 0.692. The summed E-state index contributed by atoms with van der Waals surface area (Å²) in [6.07, 6.45) is 0. The third-order valence-electron chi connectivity index (χ3n) is 4.56. The van der Waals surface area contributed by atoms with E-state index >= 15 is 0 Å². The van der Waals surface area contributed by atoms with Gasteiger partial charge in [-0.1, -0.05) is 117 Å². The van der Waals surface area contributed by atoms with Crippen molar-refractivity contribution < 1.29 is 0 Å². The van der Waals surface area contributed by atoms with Gasteiger partial charge in [0.1, 0.15) is 0 Å². The van der Waals surface area contributed by atoms with Crippen molar-refractivity contribution in [2.45, 2.75) is 26.8 Å². The van der Waals surface area contributed by atoms with Gasteiger partial charge in [-0.15, -0.1) is 0 Å². The van der Waals surface area contributed by atoms with E-state index in [1.54, 1.807) is 0 Å². The van der Waals surface area contributed by atoms with Gasteiger partial charge in [-0.2, -0.15) is 0 Å². The van der Waals surface area contributed by atoms with Crippen LogP contribution in [0, 0.1) is 6.92 Å². The van der Waals surface area contributed by atoms with Gasteiger partial charge in [0.25, 0.3) is 0 Å². The largest absolute Gasteiger partial charge is 0.309 e. The molecule has 1 N–H and O–H groups in total. The third kappa shape index (κ3) is 5.80. The van der Waals surface area contributed by atoms with Crippen LogP contribution < -0.4 is 5.32 Å². The first-order valence-electron chi connectivity index (χ1n) is 10.0. The summed E-state index contributed by atoms with van der Waals surface area (Å²) in [7, 11) is 1.99. The average molecular weight is 370 g/mol. The van der Waals surface area contributed by atoms with Crippen molar-refractivity contribution in [2.24, 2.45) is 0 Å². The van der Waals surface area contributed by atoms with Crippen molar-refractivity contribution in [1.82, 2.24) is 5.32 Å². The Hall–Kier alpha value is -2.90. The Morgan fingerprint density at radius 3 is 1.54 bits per heavy atom. The number of nitrogens with one attached hydrogen (secondary N) is 1. The van der Waals surface area contributed by atoms with Crippen LogP contribution in [0.5, 0.6) is 0 Å². The quantitative estimate of drug-likeness (QED) is 0.403. The molecule has 0 atom stereocenters. The molecule has 0 amide bonds. The van der Waals surface area contributed by atoms with E-state index in [9.17, 15) is 0 Å². The van der Waals surface area contributed by atoms with Gasteiger partial charge in [-0.05, 0) is 41.4 Å². The summed E-state index contributed by atoms with van der Waals surface area (Å²) in [6.45, 7) is 6.14. The fraction of sp³-hybridized carbons (Fsp3) is 0.185. The van der Waals surface area contributed by atoms with Crippen LogP contribution in [-0.2, 0) is 0 Å². The topological polar surface area (TPSA) is 12.0 Å². The minimum atomic E-state index is 0.285. The fourth-order valence-corrected chi connectivity index (χ4v) is 3.20. The first-order valence-corrected chi connectivity index (χ1v) is 10.0. The molecule has 1 nitrogen and oxygen atoms in total. The van der Waals surface area contributed by atoms with Gasteiger partial charge in [-0.25, -0.2) is 0 Å². The second-order valence-electron chi connectivity index (χ2n) is 6.34. The molecule has 0 radical (unpaired) electrons. The van der Waals surface area contributed by atoms with Gasteiger partial charge < -0.3 is 5.32 Å². The predicted octanol–water partition coefficient (Wildman–Crippen LogP) is 7.17. The van der Waals surface area contributed by atoms with Crippen molar-refractivity contribution in [3.63, 3.8) is 0 Å². The smallest absolute Gasteiger partial charge is 0.0574 e. The first kappa shape index (κ1) is 21.4. The Morgan fingerprint density at radius 1 is 0.571 bits per heavy atom. The summed E-state index contributed by atoms with van der Waals surface area (Å²) < 4.78 is 0. The normalized spacial score (nSPS) is 9.89. The molecule has 28 heavy (non-hydrogen) atoms. The Kier molecular flexibility index (Phi) is 8.97. The molecule has 144 valence electrons. The summed E-state index contributed by atoms with van der Waals surface area (Å²) in [6, 6.07) is 36.1. The Labute approximate surface area is 170 Å². The minimum absolute atomic E-state index is 0.285. The summed E-state index contributed by atoms with van der Waals surface area (Å²) in [5, 5.41) is 6.02. The maximum Gasteiger partial charge on any atom is 0.0574 e. The number of fused-ring (bicyclic) bond motifs is 1. The Morgan fingerprint density at radius 2 is 1.04 bits per heavy atom. The average Bonchev–Trinajstić information content (AvgIpc) is 2.78. The molecule has 0 fully saturated rings. The van der Waals surface area contributed by atoms with Crippen molar-refractivity contribution >= 4 is 10.8 Å². The second-order valence-corrected chi connectivity index (χ2v) is 6.34. The lowest BCUT2D eigenvalue weighted by Gasteiger charge is -2.16. The summed E-state index contributed by atoms with van der Waals surface area (Å²) >= 11 is 0. The minimum Gasteiger partial charge on any atom is -0.309 e. The van der Waals surface area contributed by atoms with Crippen LogP contribution in [0.3, 0.4) is 0 Å². The molecule has 1 heteroatoms. The highest BCUT2D eigenvalue weighted by atomic mass is 14.9. The standard InChI is InChI=1S/C14H15N.C11H10.C2H6/c1-15-14(12-8-4-2-5-9-12)13-10-6-3-7-11-13;1-9-5-4-7-10-6-2-3-8-11(9)10;1-2/h2-11,14-15H,1H3;2-8H,1H3;1-2H3. The van der Waals surface area contributed by atoms with Gasteiger partial charge in [0, 0.05) is 0 Å². The molecule has 0 heterocycles. The molecular formula is C27H31N. The van der Waals surface area contributed by atoms with E-state index in [2.05, 4.69) is 103 Å². The number of hydrogen-bond donors (Lipinski definition) is 1. The lowest BCUT2D eigenvalue weighted by atomic mass is 9.99. The van der Waals surface area contributed by atoms with Crippen LogP contribution in [0.4, 0.5) is 0 Å². The van der Waals surface area contributed by atoms with Gasteiger partial charge in [0.15, 0.2) is 0 Å². The van der Waals surface area contributed by atoms with E-state index in [0.717, 1.165) is 0 Å². The lowest BCUT2D eigenvalue weighted by Crippen LogP contribution is -2.17. The zero-order chi connectivity index (χ0) is 20.2. The third-order valence-corrected chi connectivity index (χ3v) is 4.56. The molecule has 0 bridgehead atoms. The molecule has 0 aliphatic rings. The second kappa shape index (κ2) is 11.7. The summed E-state index contributed by atoms with van der Waals surface area (Å²) in [4.78, 5) is 0. The summed E-state index contributed by atoms with van der Waals surface area (Å²) in [5.41, 5.74) is 3.94. The van der Waals surface area contributed by atoms with Gasteiger partial charge in [0.05, 0.1) is 6.04 Å². The molecule has 0 spiro atoms. The highest BCUT2D eigenvalue weighted by molar-refractivity contribution is 5.85. The van der Waals surface area contributed by atoms with Crippen LogP contribution in [-0.4, -0.2) is 7.05 Å². The maximum atomic E-state index is 3.33. The molecule has 0 aromatic heterocycles. The number of rotatable bonds is 3. The van der Waals surface area contributed by atoms with Crippen molar-refractivity contribution in [3.05, 3.63) is 120 Å². The van der Waals surface area contributed by atoms with E-state index < -0.39 is 0 Å². The summed E-state index contributed by atoms with van der Waals surface area (Å²) in [5.74, 6) is 0. The van der Waals surface area contributed by atoms with E-state index in [-0.39, 0.29) is 6.04 Å². The molecule has 4 aromatic carbocycles. The molecule has 0 saturated heterocycles. The molecule has 0 unspecified atom stereocenters. The fourth-order valence-electron chi connectivity index (χ4n) is 3.20. The highest BCUT2D eigenvalue weighted by Gasteiger charge is 2.09. The number of hydrogen-bond acceptors (Lipinski definition) is 1. The Bertz CT molecular complexity index is 885. The van der Waals surface area contributed by atoms with Crippen LogP contribution in [0.2, 0.25) is 0 Å². The van der Waals surface area contributed by atoms with Gasteiger partial charge in [-0.3, -0.25) is 0 Å². The number of benzene rings is 4. The highest BCUT2D eigenvalue weighted by Crippen LogP contribution is 2.20. The molecule has 4 rings (SSSR count). The van der Waals surface area contributed by atoms with E-state index in [0.29, 0.717) is 0 Å². The zero-order valence-corrected chi connectivity index (χ0v) is 17.4. The molecular weight excluding hydrogens is 338 g/mol.